The molecule has 0 rings (SSSR count). The van der Waals surface area contributed by atoms with Gasteiger partial charge < -0.3 is 15.8 Å². The Morgan fingerprint density at radius 2 is 1.74 bits per heavy atom. The Hall–Kier alpha value is -0.610. The molecule has 0 saturated carbocycles. The molecule has 0 spiro atoms. The summed E-state index contributed by atoms with van der Waals surface area (Å²) in [6.07, 6.45) is 9.51. The summed E-state index contributed by atoms with van der Waals surface area (Å²) in [7, 11) is 0. The second-order valence-electron chi connectivity index (χ2n) is 4.98. The molecule has 0 heterocycles. The molecule has 0 aromatic carbocycles. The molecule has 0 fully saturated rings. The molecule has 0 aliphatic rings. The third-order valence-electron chi connectivity index (χ3n) is 3.05. The molecule has 0 amide bonds. The van der Waals surface area contributed by atoms with Crippen LogP contribution in [0.4, 0.5) is 0 Å². The molecular formula is C15H32N2O2. The van der Waals surface area contributed by atoms with Crippen molar-refractivity contribution < 1.29 is 9.53 Å². The van der Waals surface area contributed by atoms with Crippen LogP contribution in [-0.2, 0) is 9.53 Å². The van der Waals surface area contributed by atoms with E-state index in [1.807, 2.05) is 0 Å². The quantitative estimate of drug-likeness (QED) is 0.377. The summed E-state index contributed by atoms with van der Waals surface area (Å²) >= 11 is 0. The van der Waals surface area contributed by atoms with E-state index in [9.17, 15) is 4.79 Å². The Morgan fingerprint density at radius 1 is 1.00 bits per heavy atom. The Morgan fingerprint density at radius 3 is 2.47 bits per heavy atom. The topological polar surface area (TPSA) is 64.3 Å². The Bertz CT molecular complexity index is 199. The first-order chi connectivity index (χ1) is 9.31. The maximum atomic E-state index is 11.4. The van der Waals surface area contributed by atoms with Gasteiger partial charge in [0.05, 0.1) is 6.61 Å². The van der Waals surface area contributed by atoms with E-state index < -0.39 is 0 Å². The van der Waals surface area contributed by atoms with Crippen molar-refractivity contribution in [2.45, 2.75) is 64.7 Å². The largest absolute Gasteiger partial charge is 0.466 e. The molecule has 0 saturated heterocycles. The second-order valence-corrected chi connectivity index (χ2v) is 4.98. The zero-order valence-corrected chi connectivity index (χ0v) is 12.6. The van der Waals surface area contributed by atoms with Crippen molar-refractivity contribution in [2.75, 3.05) is 26.2 Å². The van der Waals surface area contributed by atoms with Crippen molar-refractivity contribution in [1.82, 2.24) is 5.32 Å². The van der Waals surface area contributed by atoms with Crippen LogP contribution in [0.25, 0.3) is 0 Å². The minimum absolute atomic E-state index is 0.0420. The molecule has 0 aromatic rings. The van der Waals surface area contributed by atoms with E-state index in [1.165, 1.54) is 19.3 Å². The number of ether oxygens (including phenoxy) is 1. The van der Waals surface area contributed by atoms with E-state index in [1.54, 1.807) is 0 Å². The van der Waals surface area contributed by atoms with E-state index in [4.69, 9.17) is 10.5 Å². The predicted octanol–water partition coefficient (Wildman–Crippen LogP) is 2.61. The molecule has 0 unspecified atom stereocenters. The van der Waals surface area contributed by atoms with Gasteiger partial charge in [0.25, 0.3) is 0 Å². The minimum atomic E-state index is -0.0420. The van der Waals surface area contributed by atoms with Crippen molar-refractivity contribution in [3.8, 4) is 0 Å². The molecule has 4 heteroatoms. The lowest BCUT2D eigenvalue weighted by Crippen LogP contribution is -2.19. The lowest BCUT2D eigenvalue weighted by Gasteiger charge is -2.06. The molecule has 4 nitrogen and oxygen atoms in total. The molecule has 0 bridgehead atoms. The summed E-state index contributed by atoms with van der Waals surface area (Å²) in [6, 6.07) is 0. The first-order valence-corrected chi connectivity index (χ1v) is 7.87. The van der Waals surface area contributed by atoms with Crippen molar-refractivity contribution >= 4 is 5.97 Å². The third kappa shape index (κ3) is 15.3. The van der Waals surface area contributed by atoms with Crippen molar-refractivity contribution in [3.05, 3.63) is 0 Å². The van der Waals surface area contributed by atoms with Crippen LogP contribution in [-0.4, -0.2) is 32.2 Å². The van der Waals surface area contributed by atoms with Crippen LogP contribution < -0.4 is 11.1 Å². The van der Waals surface area contributed by atoms with Gasteiger partial charge in [0, 0.05) is 6.42 Å². The zero-order valence-electron chi connectivity index (χ0n) is 12.6. The number of hydrogen-bond acceptors (Lipinski definition) is 4. The molecule has 0 radical (unpaired) electrons. The summed E-state index contributed by atoms with van der Waals surface area (Å²) < 4.78 is 5.18. The van der Waals surface area contributed by atoms with Gasteiger partial charge in [0.1, 0.15) is 0 Å². The number of rotatable bonds is 14. The van der Waals surface area contributed by atoms with E-state index in [-0.39, 0.29) is 5.97 Å². The maximum Gasteiger partial charge on any atom is 0.305 e. The molecule has 0 aromatic heterocycles. The molecule has 0 aliphatic carbocycles. The van der Waals surface area contributed by atoms with Gasteiger partial charge in [-0.2, -0.15) is 0 Å². The first kappa shape index (κ1) is 18.4. The van der Waals surface area contributed by atoms with Gasteiger partial charge in [-0.15, -0.1) is 0 Å². The lowest BCUT2D eigenvalue weighted by atomic mass is 10.1. The van der Waals surface area contributed by atoms with Gasteiger partial charge in [-0.25, -0.2) is 0 Å². The fourth-order valence-corrected chi connectivity index (χ4v) is 1.85. The molecule has 19 heavy (non-hydrogen) atoms. The predicted molar refractivity (Wildman–Crippen MR) is 80.1 cm³/mol. The molecule has 0 atom stereocenters. The number of carbonyl (C=O) groups is 1. The van der Waals surface area contributed by atoms with Crippen molar-refractivity contribution in [3.63, 3.8) is 0 Å². The van der Waals surface area contributed by atoms with Gasteiger partial charge in [-0.3, -0.25) is 4.79 Å². The Labute approximate surface area is 118 Å². The highest BCUT2D eigenvalue weighted by Gasteiger charge is 2.01. The maximum absolute atomic E-state index is 11.4. The zero-order chi connectivity index (χ0) is 14.2. The average Bonchev–Trinajstić information content (AvgIpc) is 2.41. The van der Waals surface area contributed by atoms with Crippen LogP contribution in [0.2, 0.25) is 0 Å². The van der Waals surface area contributed by atoms with Crippen LogP contribution in [0, 0.1) is 0 Å². The van der Waals surface area contributed by atoms with Gasteiger partial charge >= 0.3 is 5.97 Å². The van der Waals surface area contributed by atoms with Crippen LogP contribution in [0.5, 0.6) is 0 Å². The van der Waals surface area contributed by atoms with E-state index in [0.717, 1.165) is 51.7 Å². The number of esters is 1. The molecule has 3 N–H and O–H groups in total. The highest BCUT2D eigenvalue weighted by atomic mass is 16.5. The van der Waals surface area contributed by atoms with Gasteiger partial charge in [0.2, 0.25) is 0 Å². The van der Waals surface area contributed by atoms with Crippen LogP contribution in [0.15, 0.2) is 0 Å². The molecule has 114 valence electrons. The van der Waals surface area contributed by atoms with Crippen LogP contribution in [0.1, 0.15) is 64.7 Å². The third-order valence-corrected chi connectivity index (χ3v) is 3.05. The average molecular weight is 272 g/mol. The smallest absolute Gasteiger partial charge is 0.305 e. The summed E-state index contributed by atoms with van der Waals surface area (Å²) in [6.45, 7) is 5.41. The number of carbonyl (C=O) groups excluding carboxylic acids is 1. The van der Waals surface area contributed by atoms with Crippen molar-refractivity contribution in [2.24, 2.45) is 5.73 Å². The van der Waals surface area contributed by atoms with Gasteiger partial charge in [0.15, 0.2) is 0 Å². The second kappa shape index (κ2) is 15.4. The number of unbranched alkanes of at least 4 members (excludes halogenated alkanes) is 5. The summed E-state index contributed by atoms with van der Waals surface area (Å²) in [5.41, 5.74) is 5.41. The van der Waals surface area contributed by atoms with Crippen LogP contribution in [0.3, 0.4) is 0 Å². The molecular weight excluding hydrogens is 240 g/mol. The SMILES string of the molecule is CCCCCCCC(=O)OCCCNCCCCN. The van der Waals surface area contributed by atoms with Gasteiger partial charge in [-0.05, 0) is 45.3 Å². The van der Waals surface area contributed by atoms with Gasteiger partial charge in [-0.1, -0.05) is 32.6 Å². The highest BCUT2D eigenvalue weighted by Crippen LogP contribution is 2.05. The summed E-state index contributed by atoms with van der Waals surface area (Å²) in [4.78, 5) is 11.4. The Balaban J connectivity index is 3.12. The van der Waals surface area contributed by atoms with E-state index in [0.29, 0.717) is 13.0 Å². The monoisotopic (exact) mass is 272 g/mol. The standard InChI is InChI=1S/C15H32N2O2/c1-2-3-4-5-6-10-15(18)19-14-9-13-17-12-8-7-11-16/h17H,2-14,16H2,1H3. The van der Waals surface area contributed by atoms with Crippen molar-refractivity contribution in [1.29, 1.82) is 0 Å². The summed E-state index contributed by atoms with van der Waals surface area (Å²) in [5, 5.41) is 3.31. The minimum Gasteiger partial charge on any atom is -0.466 e. The summed E-state index contributed by atoms with van der Waals surface area (Å²) in [5.74, 6) is -0.0420. The van der Waals surface area contributed by atoms with E-state index >= 15 is 0 Å². The van der Waals surface area contributed by atoms with Crippen LogP contribution >= 0.6 is 0 Å². The Kier molecular flexibility index (Phi) is 15.0. The normalized spacial score (nSPS) is 10.6. The fourth-order valence-electron chi connectivity index (χ4n) is 1.85. The molecule has 0 aliphatic heterocycles. The highest BCUT2D eigenvalue weighted by molar-refractivity contribution is 5.69. The first-order valence-electron chi connectivity index (χ1n) is 7.87. The number of nitrogens with one attached hydrogen (secondary N) is 1. The number of nitrogens with two attached hydrogens (primary N) is 1. The van der Waals surface area contributed by atoms with E-state index in [2.05, 4.69) is 12.2 Å². The number of hydrogen-bond donors (Lipinski definition) is 2. The fraction of sp³-hybridized carbons (Fsp3) is 0.933. The lowest BCUT2D eigenvalue weighted by molar-refractivity contribution is -0.143.